The topological polar surface area (TPSA) is 3.24 Å². The Morgan fingerprint density at radius 3 is 1.83 bits per heavy atom. The van der Waals surface area contributed by atoms with Gasteiger partial charge < -0.3 is 4.90 Å². The lowest BCUT2D eigenvalue weighted by molar-refractivity contribution is 0.661. The molecule has 0 unspecified atom stereocenters. The van der Waals surface area contributed by atoms with Crippen molar-refractivity contribution in [3.05, 3.63) is 151 Å². The summed E-state index contributed by atoms with van der Waals surface area (Å²) in [5.74, 6) is 0. The highest BCUT2D eigenvalue weighted by atomic mass is 32.1. The first-order valence-corrected chi connectivity index (χ1v) is 15.0. The first-order chi connectivity index (χ1) is 20.1. The highest BCUT2D eigenvalue weighted by Crippen LogP contribution is 2.58. The Bertz CT molecular complexity index is 2010. The SMILES string of the molecule is CC1(C)c2ccccc2-c2c1cc1sc3ccc(-c4ccccc4)cc3c1c2N(c1ccccc1)c1ccccc1. The molecule has 0 spiro atoms. The minimum atomic E-state index is -0.0979. The highest BCUT2D eigenvalue weighted by molar-refractivity contribution is 7.26. The summed E-state index contributed by atoms with van der Waals surface area (Å²) in [6, 6.07) is 50.9. The Hall–Kier alpha value is -4.66. The lowest BCUT2D eigenvalue weighted by Gasteiger charge is -2.30. The second-order valence-corrected chi connectivity index (χ2v) is 12.5. The Morgan fingerprint density at radius 1 is 0.537 bits per heavy atom. The maximum atomic E-state index is 2.49. The van der Waals surface area contributed by atoms with Crippen LogP contribution in [-0.4, -0.2) is 0 Å². The van der Waals surface area contributed by atoms with Crippen molar-refractivity contribution in [2.24, 2.45) is 0 Å². The van der Waals surface area contributed by atoms with Gasteiger partial charge in [0.2, 0.25) is 0 Å². The predicted octanol–water partition coefficient (Wildman–Crippen LogP) is 11.5. The molecule has 1 heterocycles. The van der Waals surface area contributed by atoms with Gasteiger partial charge in [0, 0.05) is 42.5 Å². The van der Waals surface area contributed by atoms with Crippen molar-refractivity contribution in [3.63, 3.8) is 0 Å². The molecule has 1 aliphatic carbocycles. The van der Waals surface area contributed by atoms with Crippen molar-refractivity contribution in [3.8, 4) is 22.3 Å². The van der Waals surface area contributed by atoms with E-state index in [4.69, 9.17) is 0 Å². The fourth-order valence-corrected chi connectivity index (χ4v) is 7.80. The van der Waals surface area contributed by atoms with Gasteiger partial charge in [0.05, 0.1) is 5.69 Å². The monoisotopic (exact) mass is 543 g/mol. The van der Waals surface area contributed by atoms with E-state index in [2.05, 4.69) is 158 Å². The fraction of sp³-hybridized carbons (Fsp3) is 0.0769. The normalized spacial score (nSPS) is 13.3. The molecule has 0 saturated heterocycles. The zero-order valence-electron chi connectivity index (χ0n) is 23.1. The number of rotatable bonds is 4. The van der Waals surface area contributed by atoms with Crippen molar-refractivity contribution in [2.75, 3.05) is 4.90 Å². The summed E-state index contributed by atoms with van der Waals surface area (Å²) >= 11 is 1.91. The minimum absolute atomic E-state index is 0.0979. The van der Waals surface area contributed by atoms with Crippen LogP contribution in [-0.2, 0) is 5.41 Å². The van der Waals surface area contributed by atoms with Crippen LogP contribution in [0.2, 0.25) is 0 Å². The van der Waals surface area contributed by atoms with Crippen LogP contribution in [0, 0.1) is 0 Å². The molecule has 1 nitrogen and oxygen atoms in total. The van der Waals surface area contributed by atoms with Gasteiger partial charge in [0.15, 0.2) is 0 Å². The highest BCUT2D eigenvalue weighted by Gasteiger charge is 2.39. The first-order valence-electron chi connectivity index (χ1n) is 14.2. The smallest absolute Gasteiger partial charge is 0.0636 e. The van der Waals surface area contributed by atoms with Crippen molar-refractivity contribution >= 4 is 48.6 Å². The minimum Gasteiger partial charge on any atom is -0.309 e. The Kier molecular flexibility index (Phi) is 5.42. The van der Waals surface area contributed by atoms with Gasteiger partial charge in [0.1, 0.15) is 0 Å². The van der Waals surface area contributed by atoms with E-state index in [-0.39, 0.29) is 5.41 Å². The van der Waals surface area contributed by atoms with E-state index in [1.165, 1.54) is 59.2 Å². The van der Waals surface area contributed by atoms with Crippen LogP contribution in [0.1, 0.15) is 25.0 Å². The number of thiophene rings is 1. The number of para-hydroxylation sites is 2. The molecule has 0 saturated carbocycles. The number of hydrogen-bond donors (Lipinski definition) is 0. The summed E-state index contributed by atoms with van der Waals surface area (Å²) in [7, 11) is 0. The average molecular weight is 544 g/mol. The molecule has 1 aliphatic rings. The van der Waals surface area contributed by atoms with E-state index in [0.29, 0.717) is 0 Å². The Morgan fingerprint density at radius 2 is 1.15 bits per heavy atom. The maximum Gasteiger partial charge on any atom is 0.0636 e. The molecule has 1 aromatic heterocycles. The molecule has 0 fully saturated rings. The molecule has 0 radical (unpaired) electrons. The summed E-state index contributed by atoms with van der Waals surface area (Å²) < 4.78 is 2.65. The van der Waals surface area contributed by atoms with Gasteiger partial charge in [-0.2, -0.15) is 0 Å². The van der Waals surface area contributed by atoms with Gasteiger partial charge in [-0.05, 0) is 70.3 Å². The largest absolute Gasteiger partial charge is 0.309 e. The molecule has 41 heavy (non-hydrogen) atoms. The van der Waals surface area contributed by atoms with Crippen molar-refractivity contribution in [1.29, 1.82) is 0 Å². The van der Waals surface area contributed by atoms with E-state index < -0.39 is 0 Å². The van der Waals surface area contributed by atoms with Crippen LogP contribution >= 0.6 is 11.3 Å². The van der Waals surface area contributed by atoms with Gasteiger partial charge in [-0.1, -0.05) is 111 Å². The van der Waals surface area contributed by atoms with Crippen molar-refractivity contribution < 1.29 is 0 Å². The van der Waals surface area contributed by atoms with Gasteiger partial charge in [0.25, 0.3) is 0 Å². The number of fused-ring (bicyclic) bond motifs is 6. The quantitative estimate of drug-likeness (QED) is 0.213. The Balaban J connectivity index is 1.56. The van der Waals surface area contributed by atoms with Crippen LogP contribution in [0.5, 0.6) is 0 Å². The van der Waals surface area contributed by atoms with E-state index in [0.717, 1.165) is 11.4 Å². The van der Waals surface area contributed by atoms with Gasteiger partial charge in [-0.3, -0.25) is 0 Å². The summed E-state index contributed by atoms with van der Waals surface area (Å²) in [5, 5.41) is 2.63. The molecular weight excluding hydrogens is 515 g/mol. The molecule has 7 aromatic rings. The summed E-state index contributed by atoms with van der Waals surface area (Å²) in [6.07, 6.45) is 0. The van der Waals surface area contributed by atoms with Gasteiger partial charge >= 0.3 is 0 Å². The maximum absolute atomic E-state index is 2.49. The molecule has 196 valence electrons. The first kappa shape index (κ1) is 24.2. The summed E-state index contributed by atoms with van der Waals surface area (Å²) in [6.45, 7) is 4.76. The number of benzene rings is 6. The lowest BCUT2D eigenvalue weighted by Crippen LogP contribution is -2.16. The van der Waals surface area contributed by atoms with Crippen LogP contribution in [0.15, 0.2) is 140 Å². The second-order valence-electron chi connectivity index (χ2n) is 11.4. The van der Waals surface area contributed by atoms with E-state index in [1.54, 1.807) is 0 Å². The molecule has 8 rings (SSSR count). The molecule has 0 atom stereocenters. The third kappa shape index (κ3) is 3.68. The molecule has 0 N–H and O–H groups in total. The van der Waals surface area contributed by atoms with E-state index in [9.17, 15) is 0 Å². The average Bonchev–Trinajstić information content (AvgIpc) is 3.50. The summed E-state index contributed by atoms with van der Waals surface area (Å²) in [4.78, 5) is 2.49. The second kappa shape index (κ2) is 9.19. The van der Waals surface area contributed by atoms with Crippen LogP contribution in [0.4, 0.5) is 17.1 Å². The molecule has 0 aliphatic heterocycles. The zero-order chi connectivity index (χ0) is 27.6. The molecular formula is C39H29NS. The van der Waals surface area contributed by atoms with E-state index in [1.807, 2.05) is 11.3 Å². The third-order valence-electron chi connectivity index (χ3n) is 8.64. The zero-order valence-corrected chi connectivity index (χ0v) is 24.0. The van der Waals surface area contributed by atoms with Gasteiger partial charge in [-0.25, -0.2) is 0 Å². The number of hydrogen-bond acceptors (Lipinski definition) is 2. The van der Waals surface area contributed by atoms with Crippen LogP contribution < -0.4 is 4.90 Å². The third-order valence-corrected chi connectivity index (χ3v) is 9.75. The Labute approximate surface area is 245 Å². The lowest BCUT2D eigenvalue weighted by atomic mass is 9.82. The number of anilines is 3. The molecule has 6 aromatic carbocycles. The molecule has 0 bridgehead atoms. The fourth-order valence-electron chi connectivity index (χ4n) is 6.67. The van der Waals surface area contributed by atoms with Crippen LogP contribution in [0.3, 0.4) is 0 Å². The molecule has 0 amide bonds. The van der Waals surface area contributed by atoms with E-state index >= 15 is 0 Å². The van der Waals surface area contributed by atoms with Crippen molar-refractivity contribution in [1.82, 2.24) is 0 Å². The summed E-state index contributed by atoms with van der Waals surface area (Å²) in [5.41, 5.74) is 11.4. The number of nitrogens with zero attached hydrogens (tertiary/aromatic N) is 1. The predicted molar refractivity (Wildman–Crippen MR) is 177 cm³/mol. The van der Waals surface area contributed by atoms with Crippen molar-refractivity contribution in [2.45, 2.75) is 19.3 Å². The van der Waals surface area contributed by atoms with Crippen LogP contribution in [0.25, 0.3) is 42.4 Å². The standard InChI is InChI=1S/C39H29NS/c1-39(2)32-21-13-12-20-30(32)36-33(39)25-35-37(31-24-27(22-23-34(31)41-35)26-14-6-3-7-15-26)38(36)40(28-16-8-4-9-17-28)29-18-10-5-11-19-29/h3-25H,1-2H3. The molecule has 2 heteroatoms. The van der Waals surface area contributed by atoms with Gasteiger partial charge in [-0.15, -0.1) is 11.3 Å².